The van der Waals surface area contributed by atoms with Crippen molar-refractivity contribution in [2.75, 3.05) is 20.6 Å². The van der Waals surface area contributed by atoms with Crippen LogP contribution in [-0.4, -0.2) is 49.4 Å². The van der Waals surface area contributed by atoms with E-state index in [9.17, 15) is 8.42 Å². The van der Waals surface area contributed by atoms with Crippen LogP contribution in [0.1, 0.15) is 13.8 Å². The summed E-state index contributed by atoms with van der Waals surface area (Å²) < 4.78 is 29.1. The summed E-state index contributed by atoms with van der Waals surface area (Å²) >= 11 is 7.32. The summed E-state index contributed by atoms with van der Waals surface area (Å²) in [4.78, 5) is 6.62. The van der Waals surface area contributed by atoms with Gasteiger partial charge in [-0.25, -0.2) is 18.1 Å². The molecular weight excluding hydrogens is 332 g/mol. The van der Waals surface area contributed by atoms with Gasteiger partial charge in [0.1, 0.15) is 0 Å². The number of fused-ring (bicyclic) bond motifs is 1. The Morgan fingerprint density at radius 3 is 2.71 bits per heavy atom. The zero-order valence-corrected chi connectivity index (χ0v) is 14.8. The van der Waals surface area contributed by atoms with Crippen LogP contribution in [0.15, 0.2) is 16.6 Å². The van der Waals surface area contributed by atoms with Gasteiger partial charge in [0.25, 0.3) is 10.0 Å². The zero-order chi connectivity index (χ0) is 15.8. The molecule has 0 bridgehead atoms. The molecule has 0 radical (unpaired) electrons. The number of aromatic nitrogens is 2. The highest BCUT2D eigenvalue weighted by Crippen LogP contribution is 2.25. The molecule has 1 unspecified atom stereocenters. The second-order valence-corrected chi connectivity index (χ2v) is 8.30. The highest BCUT2D eigenvalue weighted by atomic mass is 35.5. The number of hydrogen-bond donors (Lipinski definition) is 1. The second kappa shape index (κ2) is 6.21. The van der Waals surface area contributed by atoms with Gasteiger partial charge in [-0.3, -0.25) is 4.40 Å². The van der Waals surface area contributed by atoms with Crippen LogP contribution in [0.25, 0.3) is 4.96 Å². The lowest BCUT2D eigenvalue weighted by Crippen LogP contribution is -2.43. The average Bonchev–Trinajstić information content (AvgIpc) is 2.86. The second-order valence-electron chi connectivity index (χ2n) is 5.39. The molecule has 1 N–H and O–H groups in total. The number of hydrogen-bond acceptors (Lipinski definition) is 5. The third-order valence-corrected chi connectivity index (χ3v) is 5.93. The Bertz CT molecular complexity index is 713. The minimum atomic E-state index is -3.71. The number of nitrogens with one attached hydrogen (secondary N) is 1. The highest BCUT2D eigenvalue weighted by Gasteiger charge is 2.26. The van der Waals surface area contributed by atoms with Crippen LogP contribution in [0, 0.1) is 5.92 Å². The third-order valence-electron chi connectivity index (χ3n) is 3.35. The van der Waals surface area contributed by atoms with Crippen molar-refractivity contribution in [3.63, 3.8) is 0 Å². The van der Waals surface area contributed by atoms with Crippen molar-refractivity contribution in [3.8, 4) is 0 Å². The van der Waals surface area contributed by atoms with E-state index in [0.29, 0.717) is 17.4 Å². The predicted octanol–water partition coefficient (Wildman–Crippen LogP) is 1.91. The monoisotopic (exact) mass is 350 g/mol. The SMILES string of the molecule is CC(C)C(CNS(=O)(=O)c1c(Cl)nc2sccn12)N(C)C. The fraction of sp³-hybridized carbons (Fsp3) is 0.583. The first-order chi connectivity index (χ1) is 9.74. The Labute approximate surface area is 133 Å². The van der Waals surface area contributed by atoms with Crippen molar-refractivity contribution in [3.05, 3.63) is 16.7 Å². The molecule has 0 amide bonds. The van der Waals surface area contributed by atoms with Crippen molar-refractivity contribution < 1.29 is 8.42 Å². The summed E-state index contributed by atoms with van der Waals surface area (Å²) in [7, 11) is 0.157. The summed E-state index contributed by atoms with van der Waals surface area (Å²) in [5.74, 6) is 0.324. The molecule has 2 aromatic rings. The Morgan fingerprint density at radius 1 is 1.48 bits per heavy atom. The van der Waals surface area contributed by atoms with E-state index in [2.05, 4.69) is 23.6 Å². The minimum absolute atomic E-state index is 0.000278. The molecule has 0 spiro atoms. The van der Waals surface area contributed by atoms with Crippen LogP contribution in [0.3, 0.4) is 0 Å². The van der Waals surface area contributed by atoms with Crippen LogP contribution < -0.4 is 4.72 Å². The van der Waals surface area contributed by atoms with Gasteiger partial charge in [0, 0.05) is 24.2 Å². The number of likely N-dealkylation sites (N-methyl/N-ethyl adjacent to an activating group) is 1. The lowest BCUT2D eigenvalue weighted by molar-refractivity contribution is 0.233. The summed E-state index contributed by atoms with van der Waals surface area (Å²) in [5, 5.41) is 1.77. The molecule has 6 nitrogen and oxygen atoms in total. The van der Waals surface area contributed by atoms with E-state index in [1.807, 2.05) is 19.0 Å². The van der Waals surface area contributed by atoms with Crippen LogP contribution in [0.4, 0.5) is 0 Å². The molecule has 1 atom stereocenters. The number of nitrogens with zero attached hydrogens (tertiary/aromatic N) is 3. The Hall–Kier alpha value is -0.670. The standard InChI is InChI=1S/C12H19ClN4O2S2/c1-8(2)9(16(3)4)7-14-21(18,19)11-10(13)15-12-17(11)5-6-20-12/h5-6,8-9,14H,7H2,1-4H3. The van der Waals surface area contributed by atoms with Gasteiger partial charge < -0.3 is 4.90 Å². The summed E-state index contributed by atoms with van der Waals surface area (Å²) in [6, 6.07) is 0.101. The Balaban J connectivity index is 2.26. The number of sulfonamides is 1. The predicted molar refractivity (Wildman–Crippen MR) is 85.6 cm³/mol. The molecular formula is C12H19ClN4O2S2. The normalized spacial score (nSPS) is 14.4. The first-order valence-corrected chi connectivity index (χ1v) is 9.25. The number of halogens is 1. The van der Waals surface area contributed by atoms with Crippen molar-refractivity contribution in [2.45, 2.75) is 24.9 Å². The lowest BCUT2D eigenvalue weighted by Gasteiger charge is -2.27. The van der Waals surface area contributed by atoms with E-state index in [4.69, 9.17) is 11.6 Å². The van der Waals surface area contributed by atoms with Crippen molar-refractivity contribution >= 4 is 37.9 Å². The maximum absolute atomic E-state index is 12.5. The maximum atomic E-state index is 12.5. The molecule has 0 aliphatic heterocycles. The van der Waals surface area contributed by atoms with Gasteiger partial charge in [0.05, 0.1) is 0 Å². The number of imidazole rings is 1. The van der Waals surface area contributed by atoms with Gasteiger partial charge in [-0.1, -0.05) is 25.4 Å². The number of thiazole rings is 1. The molecule has 2 aromatic heterocycles. The summed E-state index contributed by atoms with van der Waals surface area (Å²) in [5.41, 5.74) is 0. The van der Waals surface area contributed by atoms with Crippen molar-refractivity contribution in [1.82, 2.24) is 19.0 Å². The Morgan fingerprint density at radius 2 is 2.14 bits per heavy atom. The fourth-order valence-corrected chi connectivity index (χ4v) is 4.76. The number of rotatable bonds is 6. The Kier molecular flexibility index (Phi) is 4.94. The molecule has 0 saturated carbocycles. The first kappa shape index (κ1) is 16.7. The van der Waals surface area contributed by atoms with E-state index < -0.39 is 10.0 Å². The summed E-state index contributed by atoms with van der Waals surface area (Å²) in [6.07, 6.45) is 1.65. The van der Waals surface area contributed by atoms with Gasteiger partial charge in [-0.05, 0) is 20.0 Å². The van der Waals surface area contributed by atoms with Crippen LogP contribution in [-0.2, 0) is 10.0 Å². The molecule has 0 aliphatic carbocycles. The molecule has 0 saturated heterocycles. The maximum Gasteiger partial charge on any atom is 0.259 e. The van der Waals surface area contributed by atoms with Gasteiger partial charge in [0.15, 0.2) is 15.1 Å². The van der Waals surface area contributed by atoms with E-state index in [1.165, 1.54) is 15.7 Å². The lowest BCUT2D eigenvalue weighted by atomic mass is 10.0. The van der Waals surface area contributed by atoms with Crippen molar-refractivity contribution in [2.24, 2.45) is 5.92 Å². The quantitative estimate of drug-likeness (QED) is 0.864. The molecule has 2 heterocycles. The molecule has 0 aliphatic rings. The molecule has 118 valence electrons. The average molecular weight is 351 g/mol. The summed E-state index contributed by atoms with van der Waals surface area (Å²) in [6.45, 7) is 4.43. The zero-order valence-electron chi connectivity index (χ0n) is 12.4. The molecule has 0 fully saturated rings. The van der Waals surface area contributed by atoms with E-state index >= 15 is 0 Å². The van der Waals surface area contributed by atoms with Gasteiger partial charge >= 0.3 is 0 Å². The third kappa shape index (κ3) is 3.40. The van der Waals surface area contributed by atoms with Gasteiger partial charge in [-0.15, -0.1) is 11.3 Å². The van der Waals surface area contributed by atoms with Gasteiger partial charge in [-0.2, -0.15) is 0 Å². The van der Waals surface area contributed by atoms with Gasteiger partial charge in [0.2, 0.25) is 0 Å². The molecule has 21 heavy (non-hydrogen) atoms. The minimum Gasteiger partial charge on any atom is -0.305 e. The fourth-order valence-electron chi connectivity index (χ4n) is 2.26. The van der Waals surface area contributed by atoms with Crippen molar-refractivity contribution in [1.29, 1.82) is 0 Å². The largest absolute Gasteiger partial charge is 0.305 e. The van der Waals surface area contributed by atoms with Crippen LogP contribution in [0.5, 0.6) is 0 Å². The highest BCUT2D eigenvalue weighted by molar-refractivity contribution is 7.89. The first-order valence-electron chi connectivity index (χ1n) is 6.51. The molecule has 9 heteroatoms. The topological polar surface area (TPSA) is 66.7 Å². The van der Waals surface area contributed by atoms with Crippen LogP contribution >= 0.6 is 22.9 Å². The smallest absolute Gasteiger partial charge is 0.259 e. The van der Waals surface area contributed by atoms with E-state index in [0.717, 1.165) is 0 Å². The molecule has 2 rings (SSSR count). The van der Waals surface area contributed by atoms with Crippen LogP contribution in [0.2, 0.25) is 5.15 Å². The van der Waals surface area contributed by atoms with E-state index in [-0.39, 0.29) is 16.2 Å². The molecule has 0 aromatic carbocycles. The van der Waals surface area contributed by atoms with E-state index in [1.54, 1.807) is 11.6 Å².